The molecule has 12 heavy (non-hydrogen) atoms. The van der Waals surface area contributed by atoms with Crippen LogP contribution in [0.5, 0.6) is 0 Å². The van der Waals surface area contributed by atoms with Crippen molar-refractivity contribution in [3.8, 4) is 0 Å². The van der Waals surface area contributed by atoms with Crippen molar-refractivity contribution in [2.45, 2.75) is 12.5 Å². The van der Waals surface area contributed by atoms with Gasteiger partial charge >= 0.3 is 0 Å². The Labute approximate surface area is 77.9 Å². The predicted molar refractivity (Wildman–Crippen MR) is 52.4 cm³/mol. The first-order valence-corrected chi connectivity index (χ1v) is 5.37. The summed E-state index contributed by atoms with van der Waals surface area (Å²) in [5, 5.41) is 3.34. The fourth-order valence-electron chi connectivity index (χ4n) is 1.14. The lowest BCUT2D eigenvalue weighted by Gasteiger charge is -2.23. The topological polar surface area (TPSA) is 32.3 Å². The van der Waals surface area contributed by atoms with E-state index in [1.165, 1.54) is 5.75 Å². The zero-order valence-corrected chi connectivity index (χ0v) is 8.49. The first kappa shape index (κ1) is 9.86. The van der Waals surface area contributed by atoms with Crippen LogP contribution in [-0.2, 0) is 4.79 Å². The van der Waals surface area contributed by atoms with Crippen molar-refractivity contribution in [2.24, 2.45) is 0 Å². The minimum Gasteiger partial charge on any atom is -0.349 e. The van der Waals surface area contributed by atoms with E-state index in [9.17, 15) is 4.79 Å². The van der Waals surface area contributed by atoms with E-state index in [0.717, 1.165) is 12.3 Å². The van der Waals surface area contributed by atoms with Crippen LogP contribution in [0.25, 0.3) is 0 Å². The van der Waals surface area contributed by atoms with Crippen molar-refractivity contribution in [2.75, 3.05) is 32.1 Å². The summed E-state index contributed by atoms with van der Waals surface area (Å²) in [6.45, 7) is 1.04. The molecule has 0 spiro atoms. The number of carbonyl (C=O) groups excluding carboxylic acids is 1. The second-order valence-corrected chi connectivity index (χ2v) is 4.37. The predicted octanol–water partition coefficient (Wildman–Crippen LogP) is 0.170. The Hall–Kier alpha value is -0.220. The quantitative estimate of drug-likeness (QED) is 0.670. The summed E-state index contributed by atoms with van der Waals surface area (Å²) >= 11 is 1.92. The van der Waals surface area contributed by atoms with E-state index in [-0.39, 0.29) is 5.91 Å². The Kier molecular flexibility index (Phi) is 3.88. The van der Waals surface area contributed by atoms with Gasteiger partial charge in [-0.25, -0.2) is 0 Å². The molecule has 1 atom stereocenters. The molecule has 0 aliphatic carbocycles. The number of nitrogens with zero attached hydrogens (tertiary/aromatic N) is 1. The number of hydrogen-bond donors (Lipinski definition) is 1. The third-order valence-corrected chi connectivity index (χ3v) is 3.05. The summed E-state index contributed by atoms with van der Waals surface area (Å²) in [5.74, 6) is 2.46. The first-order chi connectivity index (χ1) is 5.70. The number of thioether (sulfide) groups is 1. The molecule has 1 heterocycles. The molecular weight excluding hydrogens is 172 g/mol. The third kappa shape index (κ3) is 3.03. The zero-order chi connectivity index (χ0) is 8.97. The standard InChI is InChI=1S/C8H16N2OS/c1-10(2)8(11)5-7-6-12-4-3-9-7/h7,9H,3-6H2,1-2H3. The summed E-state index contributed by atoms with van der Waals surface area (Å²) in [7, 11) is 3.61. The van der Waals surface area contributed by atoms with Gasteiger partial charge in [-0.3, -0.25) is 4.79 Å². The lowest BCUT2D eigenvalue weighted by atomic mass is 10.2. The number of carbonyl (C=O) groups is 1. The van der Waals surface area contributed by atoms with Gasteiger partial charge in [0.25, 0.3) is 0 Å². The summed E-state index contributed by atoms with van der Waals surface area (Å²) in [5.41, 5.74) is 0. The molecule has 4 heteroatoms. The SMILES string of the molecule is CN(C)C(=O)CC1CSCCN1. The average molecular weight is 188 g/mol. The largest absolute Gasteiger partial charge is 0.349 e. The molecule has 1 N–H and O–H groups in total. The van der Waals surface area contributed by atoms with E-state index in [4.69, 9.17) is 0 Å². The number of nitrogens with one attached hydrogen (secondary N) is 1. The minimum atomic E-state index is 0.218. The maximum atomic E-state index is 11.3. The van der Waals surface area contributed by atoms with Gasteiger partial charge in [0.2, 0.25) is 5.91 Å². The maximum absolute atomic E-state index is 11.3. The summed E-state index contributed by atoms with van der Waals surface area (Å²) in [4.78, 5) is 12.9. The second-order valence-electron chi connectivity index (χ2n) is 3.22. The molecule has 0 aromatic carbocycles. The Morgan fingerprint density at radius 2 is 2.42 bits per heavy atom. The van der Waals surface area contributed by atoms with Crippen LogP contribution in [0.3, 0.4) is 0 Å². The molecule has 1 unspecified atom stereocenters. The van der Waals surface area contributed by atoms with Gasteiger partial charge in [-0.2, -0.15) is 11.8 Å². The Morgan fingerprint density at radius 3 is 2.92 bits per heavy atom. The summed E-state index contributed by atoms with van der Waals surface area (Å²) in [6.07, 6.45) is 0.639. The Bertz CT molecular complexity index is 155. The van der Waals surface area contributed by atoms with Gasteiger partial charge in [0.05, 0.1) is 0 Å². The van der Waals surface area contributed by atoms with Crippen LogP contribution in [0.2, 0.25) is 0 Å². The first-order valence-electron chi connectivity index (χ1n) is 4.21. The molecule has 3 nitrogen and oxygen atoms in total. The van der Waals surface area contributed by atoms with Crippen LogP contribution in [0.15, 0.2) is 0 Å². The van der Waals surface area contributed by atoms with Crippen LogP contribution in [-0.4, -0.2) is 49.0 Å². The molecule has 1 aliphatic rings. The highest BCUT2D eigenvalue weighted by atomic mass is 32.2. The van der Waals surface area contributed by atoms with Crippen LogP contribution < -0.4 is 5.32 Å². The van der Waals surface area contributed by atoms with E-state index in [0.29, 0.717) is 12.5 Å². The van der Waals surface area contributed by atoms with Crippen molar-refractivity contribution >= 4 is 17.7 Å². The molecule has 0 bridgehead atoms. The molecule has 0 aromatic heterocycles. The fourth-order valence-corrected chi connectivity index (χ4v) is 2.09. The summed E-state index contributed by atoms with van der Waals surface area (Å²) < 4.78 is 0. The van der Waals surface area contributed by atoms with Crippen molar-refractivity contribution in [1.82, 2.24) is 10.2 Å². The van der Waals surface area contributed by atoms with Gasteiger partial charge in [-0.15, -0.1) is 0 Å². The van der Waals surface area contributed by atoms with E-state index in [1.807, 2.05) is 11.8 Å². The van der Waals surface area contributed by atoms with Gasteiger partial charge < -0.3 is 10.2 Å². The average Bonchev–Trinajstić information content (AvgIpc) is 2.06. The highest BCUT2D eigenvalue weighted by Crippen LogP contribution is 2.10. The molecule has 0 saturated carbocycles. The smallest absolute Gasteiger partial charge is 0.223 e. The molecule has 1 rings (SSSR count). The monoisotopic (exact) mass is 188 g/mol. The van der Waals surface area contributed by atoms with Crippen LogP contribution in [0.4, 0.5) is 0 Å². The van der Waals surface area contributed by atoms with Gasteiger partial charge in [-0.05, 0) is 0 Å². The van der Waals surface area contributed by atoms with E-state index in [1.54, 1.807) is 19.0 Å². The van der Waals surface area contributed by atoms with Gasteiger partial charge in [0.1, 0.15) is 0 Å². The van der Waals surface area contributed by atoms with E-state index in [2.05, 4.69) is 5.32 Å². The summed E-state index contributed by atoms with van der Waals surface area (Å²) in [6, 6.07) is 0.388. The molecule has 70 valence electrons. The lowest BCUT2D eigenvalue weighted by molar-refractivity contribution is -0.129. The highest BCUT2D eigenvalue weighted by Gasteiger charge is 2.17. The zero-order valence-electron chi connectivity index (χ0n) is 7.67. The van der Waals surface area contributed by atoms with Crippen molar-refractivity contribution in [1.29, 1.82) is 0 Å². The number of hydrogen-bond acceptors (Lipinski definition) is 3. The fraction of sp³-hybridized carbons (Fsp3) is 0.875. The number of amides is 1. The van der Waals surface area contributed by atoms with Crippen molar-refractivity contribution < 1.29 is 4.79 Å². The van der Waals surface area contributed by atoms with Crippen molar-refractivity contribution in [3.05, 3.63) is 0 Å². The molecule has 1 aliphatic heterocycles. The molecule has 1 saturated heterocycles. The lowest BCUT2D eigenvalue weighted by Crippen LogP contribution is -2.41. The minimum absolute atomic E-state index is 0.218. The van der Waals surface area contributed by atoms with Gasteiger partial charge in [0, 0.05) is 44.6 Å². The van der Waals surface area contributed by atoms with Crippen LogP contribution in [0.1, 0.15) is 6.42 Å². The number of rotatable bonds is 2. The molecule has 1 amide bonds. The van der Waals surface area contributed by atoms with E-state index < -0.39 is 0 Å². The normalized spacial score (nSPS) is 23.7. The Balaban J connectivity index is 2.24. The van der Waals surface area contributed by atoms with Gasteiger partial charge in [-0.1, -0.05) is 0 Å². The second kappa shape index (κ2) is 4.72. The Morgan fingerprint density at radius 1 is 1.67 bits per heavy atom. The molecular formula is C8H16N2OS. The van der Waals surface area contributed by atoms with Crippen molar-refractivity contribution in [3.63, 3.8) is 0 Å². The van der Waals surface area contributed by atoms with E-state index >= 15 is 0 Å². The van der Waals surface area contributed by atoms with Gasteiger partial charge in [0.15, 0.2) is 0 Å². The highest BCUT2D eigenvalue weighted by molar-refractivity contribution is 7.99. The molecule has 0 radical (unpaired) electrons. The van der Waals surface area contributed by atoms with Crippen LogP contribution >= 0.6 is 11.8 Å². The third-order valence-electron chi connectivity index (χ3n) is 1.92. The molecule has 0 aromatic rings. The maximum Gasteiger partial charge on any atom is 0.223 e. The molecule has 1 fully saturated rings. The van der Waals surface area contributed by atoms with Crippen LogP contribution in [0, 0.1) is 0 Å².